The number of hydrogen-bond donors (Lipinski definition) is 1. The predicted octanol–water partition coefficient (Wildman–Crippen LogP) is 1.19. The van der Waals surface area contributed by atoms with E-state index >= 15 is 0 Å². The summed E-state index contributed by atoms with van der Waals surface area (Å²) in [4.78, 5) is 9.92. The molecule has 1 aliphatic rings. The lowest BCUT2D eigenvalue weighted by atomic mass is 9.95. The highest BCUT2D eigenvalue weighted by Gasteiger charge is 2.21. The second-order valence-electron chi connectivity index (χ2n) is 2.65. The topological polar surface area (TPSA) is 29.1 Å². The quantitative estimate of drug-likeness (QED) is 0.477. The molecule has 2 unspecified atom stereocenters. The zero-order valence-electron chi connectivity index (χ0n) is 5.77. The van der Waals surface area contributed by atoms with E-state index in [0.717, 1.165) is 12.8 Å². The Bertz CT molecular complexity index is 118. The van der Waals surface area contributed by atoms with Crippen molar-refractivity contribution >= 4 is 18.0 Å². The Labute approximate surface area is 65.9 Å². The largest absolute Gasteiger partial charge is 0.344 e. The summed E-state index contributed by atoms with van der Waals surface area (Å²) in [6.07, 6.45) is 6.06. The number of nitrogens with one attached hydrogen (secondary N) is 1. The minimum atomic E-state index is 0.121. The Morgan fingerprint density at radius 1 is 1.40 bits per heavy atom. The summed E-state index contributed by atoms with van der Waals surface area (Å²) in [7, 11) is 0. The highest BCUT2D eigenvalue weighted by molar-refractivity contribution is 6.21. The second-order valence-corrected chi connectivity index (χ2v) is 3.21. The van der Waals surface area contributed by atoms with Gasteiger partial charge in [0.2, 0.25) is 0 Å². The van der Waals surface area contributed by atoms with Crippen molar-refractivity contribution in [3.8, 4) is 0 Å². The van der Waals surface area contributed by atoms with Gasteiger partial charge >= 0.3 is 6.41 Å². The zero-order chi connectivity index (χ0) is 7.40. The molecular weight excluding hydrogens is 150 g/mol. The predicted molar refractivity (Wildman–Crippen MR) is 40.7 cm³/mol. The maximum Gasteiger partial charge on any atom is 0.309 e. The second kappa shape index (κ2) is 3.81. The van der Waals surface area contributed by atoms with Crippen molar-refractivity contribution in [3.63, 3.8) is 0 Å². The summed E-state index contributed by atoms with van der Waals surface area (Å²) in [5.74, 6) is 0. The van der Waals surface area contributed by atoms with Crippen molar-refractivity contribution in [1.82, 2.24) is 5.32 Å². The summed E-state index contributed by atoms with van der Waals surface area (Å²) in [6.45, 7) is 0. The molecule has 1 N–H and O–H groups in total. The van der Waals surface area contributed by atoms with E-state index in [2.05, 4.69) is 5.32 Å². The fraction of sp³-hybridized carbons (Fsp3) is 0.857. The summed E-state index contributed by atoms with van der Waals surface area (Å²) in [6, 6.07) is 0.160. The number of halogens is 1. The number of hydrogen-bond acceptors (Lipinski definition) is 1. The lowest BCUT2D eigenvalue weighted by Gasteiger charge is -2.25. The van der Waals surface area contributed by atoms with Gasteiger partial charge in [-0.25, -0.2) is 0 Å². The van der Waals surface area contributed by atoms with Gasteiger partial charge < -0.3 is 5.32 Å². The molecular formula is C7H11ClNO. The SMILES string of the molecule is O=[C]NC1CCCCC1Cl. The molecule has 2 nitrogen and oxygen atoms in total. The number of rotatable bonds is 2. The van der Waals surface area contributed by atoms with Gasteiger partial charge in [0.05, 0.1) is 5.38 Å². The van der Waals surface area contributed by atoms with Gasteiger partial charge in [0.1, 0.15) is 0 Å². The van der Waals surface area contributed by atoms with Crippen LogP contribution in [0.5, 0.6) is 0 Å². The van der Waals surface area contributed by atoms with Crippen molar-refractivity contribution in [3.05, 3.63) is 0 Å². The maximum atomic E-state index is 9.92. The van der Waals surface area contributed by atoms with Gasteiger partial charge in [0.15, 0.2) is 0 Å². The fourth-order valence-corrected chi connectivity index (χ4v) is 1.67. The van der Waals surface area contributed by atoms with Gasteiger partial charge in [-0.05, 0) is 12.8 Å². The molecule has 0 aromatic heterocycles. The lowest BCUT2D eigenvalue weighted by Crippen LogP contribution is -2.38. The standard InChI is InChI=1S/C7H11ClNO/c8-6-3-1-2-4-7(6)9-5-10/h6-7H,1-4H2,(H,9,10). The first-order valence-electron chi connectivity index (χ1n) is 3.61. The van der Waals surface area contributed by atoms with Gasteiger partial charge in [-0.3, -0.25) is 4.79 Å². The minimum absolute atomic E-state index is 0.121. The van der Waals surface area contributed by atoms with E-state index in [1.54, 1.807) is 6.41 Å². The third-order valence-corrected chi connectivity index (χ3v) is 2.45. The van der Waals surface area contributed by atoms with Crippen LogP contribution in [-0.2, 0) is 4.79 Å². The van der Waals surface area contributed by atoms with Gasteiger partial charge in [-0.15, -0.1) is 11.6 Å². The fourth-order valence-electron chi connectivity index (χ4n) is 1.32. The van der Waals surface area contributed by atoms with Gasteiger partial charge in [-0.2, -0.15) is 0 Å². The molecule has 1 saturated carbocycles. The molecule has 1 aliphatic carbocycles. The molecule has 3 heteroatoms. The van der Waals surface area contributed by atoms with Crippen LogP contribution in [0.2, 0.25) is 0 Å². The van der Waals surface area contributed by atoms with Crippen LogP contribution >= 0.6 is 11.6 Å². The summed E-state index contributed by atoms with van der Waals surface area (Å²) in [5, 5.41) is 2.72. The molecule has 0 saturated heterocycles. The Morgan fingerprint density at radius 2 is 2.10 bits per heavy atom. The summed E-state index contributed by atoms with van der Waals surface area (Å²) < 4.78 is 0. The monoisotopic (exact) mass is 160 g/mol. The molecule has 1 amide bonds. The minimum Gasteiger partial charge on any atom is -0.344 e. The van der Waals surface area contributed by atoms with E-state index in [0.29, 0.717) is 0 Å². The average molecular weight is 161 g/mol. The Morgan fingerprint density at radius 3 is 2.70 bits per heavy atom. The molecule has 0 bridgehead atoms. The Balaban J connectivity index is 2.32. The highest BCUT2D eigenvalue weighted by Crippen LogP contribution is 2.22. The van der Waals surface area contributed by atoms with Crippen molar-refractivity contribution in [2.45, 2.75) is 37.1 Å². The molecule has 1 rings (SSSR count). The van der Waals surface area contributed by atoms with Crippen molar-refractivity contribution in [2.24, 2.45) is 0 Å². The molecule has 0 aromatic carbocycles. The van der Waals surface area contributed by atoms with E-state index in [1.807, 2.05) is 0 Å². The van der Waals surface area contributed by atoms with Crippen LogP contribution in [0.4, 0.5) is 0 Å². The summed E-state index contributed by atoms with van der Waals surface area (Å²) >= 11 is 5.92. The van der Waals surface area contributed by atoms with Crippen LogP contribution in [-0.4, -0.2) is 17.8 Å². The number of amides is 1. The molecule has 0 aliphatic heterocycles. The van der Waals surface area contributed by atoms with Crippen LogP contribution in [0.3, 0.4) is 0 Å². The number of alkyl halides is 1. The lowest BCUT2D eigenvalue weighted by molar-refractivity contribution is 0.409. The van der Waals surface area contributed by atoms with Gasteiger partial charge in [0.25, 0.3) is 0 Å². The first-order valence-corrected chi connectivity index (χ1v) is 4.05. The molecule has 0 heterocycles. The van der Waals surface area contributed by atoms with Crippen molar-refractivity contribution in [1.29, 1.82) is 0 Å². The third kappa shape index (κ3) is 1.87. The van der Waals surface area contributed by atoms with E-state index in [9.17, 15) is 4.79 Å². The third-order valence-electron chi connectivity index (χ3n) is 1.93. The van der Waals surface area contributed by atoms with Gasteiger partial charge in [0, 0.05) is 6.04 Å². The maximum absolute atomic E-state index is 9.92. The zero-order valence-corrected chi connectivity index (χ0v) is 6.53. The number of carbonyl (C=O) groups excluding carboxylic acids is 1. The highest BCUT2D eigenvalue weighted by atomic mass is 35.5. The van der Waals surface area contributed by atoms with Crippen LogP contribution in [0.1, 0.15) is 25.7 Å². The smallest absolute Gasteiger partial charge is 0.309 e. The first kappa shape index (κ1) is 7.86. The molecule has 2 atom stereocenters. The Hall–Kier alpha value is -0.240. The Kier molecular flexibility index (Phi) is 3.00. The average Bonchev–Trinajstić information content (AvgIpc) is 1.94. The molecule has 1 radical (unpaired) electrons. The summed E-state index contributed by atoms with van der Waals surface area (Å²) in [5.41, 5.74) is 0. The van der Waals surface area contributed by atoms with Crippen LogP contribution in [0, 0.1) is 0 Å². The van der Waals surface area contributed by atoms with Crippen LogP contribution in [0.25, 0.3) is 0 Å². The van der Waals surface area contributed by atoms with E-state index in [4.69, 9.17) is 11.6 Å². The normalized spacial score (nSPS) is 33.3. The van der Waals surface area contributed by atoms with E-state index < -0.39 is 0 Å². The van der Waals surface area contributed by atoms with Crippen LogP contribution in [0.15, 0.2) is 0 Å². The molecule has 10 heavy (non-hydrogen) atoms. The van der Waals surface area contributed by atoms with Crippen LogP contribution < -0.4 is 5.32 Å². The molecule has 1 fully saturated rings. The van der Waals surface area contributed by atoms with Crippen molar-refractivity contribution in [2.75, 3.05) is 0 Å². The van der Waals surface area contributed by atoms with Gasteiger partial charge in [-0.1, -0.05) is 12.8 Å². The van der Waals surface area contributed by atoms with E-state index in [-0.39, 0.29) is 11.4 Å². The first-order chi connectivity index (χ1) is 4.84. The molecule has 57 valence electrons. The molecule has 0 spiro atoms. The van der Waals surface area contributed by atoms with E-state index in [1.165, 1.54) is 12.8 Å². The van der Waals surface area contributed by atoms with Crippen molar-refractivity contribution < 1.29 is 4.79 Å². The molecule has 0 aromatic rings.